The minimum Gasteiger partial charge on any atom is -0.482 e. The van der Waals surface area contributed by atoms with Crippen LogP contribution in [0.3, 0.4) is 0 Å². The van der Waals surface area contributed by atoms with Gasteiger partial charge in [0, 0.05) is 5.54 Å². The minimum atomic E-state index is -1.71. The Kier molecular flexibility index (Phi) is 4.31. The van der Waals surface area contributed by atoms with Crippen molar-refractivity contribution in [3.63, 3.8) is 0 Å². The Morgan fingerprint density at radius 1 is 1.36 bits per heavy atom. The number of carboxylic acid groups (broad SMARTS) is 1. The van der Waals surface area contributed by atoms with Gasteiger partial charge in [0.1, 0.15) is 0 Å². The fraction of sp³-hybridized carbons (Fsp3) is 0.875. The second-order valence-corrected chi connectivity index (χ2v) is 4.46. The molecule has 0 aliphatic rings. The van der Waals surface area contributed by atoms with Crippen molar-refractivity contribution < 1.29 is 9.90 Å². The fourth-order valence-electron chi connectivity index (χ4n) is 0.748. The Hall–Kier alpha value is -0.375. The summed E-state index contributed by atoms with van der Waals surface area (Å²) in [5.74, 6) is -1.22. The number of hydrogen-bond acceptors (Lipinski definition) is 2. The van der Waals surface area contributed by atoms with Crippen molar-refractivity contribution in [3.05, 3.63) is 0 Å². The van der Waals surface area contributed by atoms with Crippen molar-refractivity contribution in [3.8, 4) is 0 Å². The van der Waals surface area contributed by atoms with Crippen molar-refractivity contribution in [1.29, 1.82) is 0 Å². The van der Waals surface area contributed by atoms with Gasteiger partial charge in [0.15, 0.2) is 7.98 Å². The predicted molar refractivity (Wildman–Crippen MR) is 58.7 cm³/mol. The van der Waals surface area contributed by atoms with E-state index in [2.05, 4.69) is 0 Å². The van der Waals surface area contributed by atoms with E-state index in [9.17, 15) is 4.79 Å². The predicted octanol–water partition coefficient (Wildman–Crippen LogP) is 0.0983. The van der Waals surface area contributed by atoms with Crippen LogP contribution in [0, 0.1) is 0 Å². The largest absolute Gasteiger partial charge is 0.482 e. The molecular weight excluding hydrogens is 175 g/mol. The van der Waals surface area contributed by atoms with Gasteiger partial charge < -0.3 is 9.92 Å². The molecule has 3 nitrogen and oxygen atoms in total. The standard InChI is InChI=1S/C8H14B3NO2/c1-7(2,3)12(11)5-4-8(9,10)6(13)14/h4-5H2,1-3H3,(H,13,14). The molecule has 0 aliphatic carbocycles. The summed E-state index contributed by atoms with van der Waals surface area (Å²) in [5, 5.41) is 6.94. The van der Waals surface area contributed by atoms with E-state index in [0.717, 1.165) is 0 Å². The molecule has 6 radical (unpaired) electrons. The molecule has 0 saturated carbocycles. The number of carboxylic acids is 1. The van der Waals surface area contributed by atoms with Crippen LogP contribution in [0.15, 0.2) is 0 Å². The molecule has 6 heteroatoms. The monoisotopic (exact) mass is 189 g/mol. The summed E-state index contributed by atoms with van der Waals surface area (Å²) in [6, 6.07) is 0. The first kappa shape index (κ1) is 13.6. The third kappa shape index (κ3) is 4.22. The molecule has 72 valence electrons. The third-order valence-corrected chi connectivity index (χ3v) is 2.03. The SMILES string of the molecule is [B]N(CCC([B])([B])C(=O)O)C(C)(C)C. The number of hydrogen-bond donors (Lipinski definition) is 1. The zero-order valence-corrected chi connectivity index (χ0v) is 8.95. The lowest BCUT2D eigenvalue weighted by Crippen LogP contribution is -2.41. The normalized spacial score (nSPS) is 13.1. The van der Waals surface area contributed by atoms with Gasteiger partial charge in [-0.3, -0.25) is 4.79 Å². The zero-order chi connectivity index (χ0) is 11.6. The summed E-state index contributed by atoms with van der Waals surface area (Å²) < 4.78 is 0. The molecule has 0 aromatic rings. The highest BCUT2D eigenvalue weighted by molar-refractivity contribution is 6.49. The second kappa shape index (κ2) is 4.43. The van der Waals surface area contributed by atoms with Crippen LogP contribution in [-0.2, 0) is 4.79 Å². The molecule has 0 rings (SSSR count). The smallest absolute Gasteiger partial charge is 0.292 e. The first-order chi connectivity index (χ1) is 6.07. The van der Waals surface area contributed by atoms with Crippen LogP contribution in [0.25, 0.3) is 0 Å². The van der Waals surface area contributed by atoms with Gasteiger partial charge in [-0.2, -0.15) is 0 Å². The molecule has 0 atom stereocenters. The molecule has 14 heavy (non-hydrogen) atoms. The minimum absolute atomic E-state index is 0.107. The molecule has 0 spiro atoms. The Bertz CT molecular complexity index is 213. The highest BCUT2D eigenvalue weighted by Crippen LogP contribution is 2.22. The molecule has 0 bridgehead atoms. The Labute approximate surface area is 89.5 Å². The first-order valence-electron chi connectivity index (χ1n) is 4.41. The summed E-state index contributed by atoms with van der Waals surface area (Å²) >= 11 is 0. The zero-order valence-electron chi connectivity index (χ0n) is 8.95. The van der Waals surface area contributed by atoms with Crippen LogP contribution in [0.1, 0.15) is 27.2 Å². The summed E-state index contributed by atoms with van der Waals surface area (Å²) in [6.07, 6.45) is 0.107. The topological polar surface area (TPSA) is 40.5 Å². The van der Waals surface area contributed by atoms with E-state index in [4.69, 9.17) is 28.8 Å². The highest BCUT2D eigenvalue weighted by Gasteiger charge is 2.27. The summed E-state index contributed by atoms with van der Waals surface area (Å²) in [6.45, 7) is 6.09. The first-order valence-corrected chi connectivity index (χ1v) is 4.41. The highest BCUT2D eigenvalue weighted by atomic mass is 16.4. The Balaban J connectivity index is 4.13. The molecule has 0 saturated heterocycles. The van der Waals surface area contributed by atoms with Gasteiger partial charge in [0.05, 0.1) is 15.7 Å². The number of aliphatic carboxylic acids is 1. The number of nitrogens with zero attached hydrogens (tertiary/aromatic N) is 1. The molecular formula is C8H14B3NO2. The van der Waals surface area contributed by atoms with E-state index in [1.54, 1.807) is 0 Å². The Morgan fingerprint density at radius 2 is 1.79 bits per heavy atom. The maximum atomic E-state index is 10.6. The lowest BCUT2D eigenvalue weighted by atomic mass is 9.52. The van der Waals surface area contributed by atoms with E-state index in [-0.39, 0.29) is 12.0 Å². The van der Waals surface area contributed by atoms with Crippen LogP contribution in [-0.4, -0.2) is 51.6 Å². The summed E-state index contributed by atoms with van der Waals surface area (Å²) in [4.78, 5) is 12.1. The molecule has 0 aliphatic heterocycles. The van der Waals surface area contributed by atoms with Gasteiger partial charge in [-0.1, -0.05) is 0 Å². The van der Waals surface area contributed by atoms with E-state index in [1.807, 2.05) is 20.8 Å². The van der Waals surface area contributed by atoms with Crippen molar-refractivity contribution in [2.24, 2.45) is 0 Å². The van der Waals surface area contributed by atoms with Gasteiger partial charge in [-0.25, -0.2) is 0 Å². The Morgan fingerprint density at radius 3 is 2.07 bits per heavy atom. The number of rotatable bonds is 4. The van der Waals surface area contributed by atoms with E-state index in [1.165, 1.54) is 4.81 Å². The summed E-state index contributed by atoms with van der Waals surface area (Å²) in [7, 11) is 16.4. The fourth-order valence-corrected chi connectivity index (χ4v) is 0.748. The van der Waals surface area contributed by atoms with Crippen molar-refractivity contribution in [1.82, 2.24) is 4.81 Å². The van der Waals surface area contributed by atoms with Gasteiger partial charge in [0.2, 0.25) is 0 Å². The van der Waals surface area contributed by atoms with Crippen LogP contribution in [0.2, 0.25) is 5.21 Å². The van der Waals surface area contributed by atoms with Crippen LogP contribution in [0.4, 0.5) is 0 Å². The molecule has 0 amide bonds. The molecule has 0 unspecified atom stereocenters. The molecule has 0 fully saturated rings. The van der Waals surface area contributed by atoms with Crippen molar-refractivity contribution in [2.45, 2.75) is 37.9 Å². The molecule has 0 heterocycles. The van der Waals surface area contributed by atoms with Crippen molar-refractivity contribution in [2.75, 3.05) is 6.54 Å². The van der Waals surface area contributed by atoms with E-state index < -0.39 is 11.2 Å². The molecule has 0 aromatic carbocycles. The lowest BCUT2D eigenvalue weighted by Gasteiger charge is -2.35. The third-order valence-electron chi connectivity index (χ3n) is 2.03. The van der Waals surface area contributed by atoms with E-state index >= 15 is 0 Å². The quantitative estimate of drug-likeness (QED) is 0.637. The summed E-state index contributed by atoms with van der Waals surface area (Å²) in [5.41, 5.74) is -0.228. The number of carbonyl (C=O) groups is 1. The van der Waals surface area contributed by atoms with E-state index in [0.29, 0.717) is 6.54 Å². The van der Waals surface area contributed by atoms with Crippen LogP contribution >= 0.6 is 0 Å². The van der Waals surface area contributed by atoms with Gasteiger partial charge in [-0.15, -0.1) is 0 Å². The van der Waals surface area contributed by atoms with Gasteiger partial charge in [-0.05, 0) is 39.0 Å². The van der Waals surface area contributed by atoms with Crippen LogP contribution < -0.4 is 0 Å². The van der Waals surface area contributed by atoms with Crippen LogP contribution in [0.5, 0.6) is 0 Å². The maximum absolute atomic E-state index is 10.6. The molecule has 0 aromatic heterocycles. The maximum Gasteiger partial charge on any atom is 0.292 e. The second-order valence-electron chi connectivity index (χ2n) is 4.46. The van der Waals surface area contributed by atoms with Gasteiger partial charge in [0.25, 0.3) is 5.97 Å². The van der Waals surface area contributed by atoms with Crippen molar-refractivity contribution >= 4 is 29.6 Å². The molecule has 1 N–H and O–H groups in total. The lowest BCUT2D eigenvalue weighted by molar-refractivity contribution is -0.138. The average molecular weight is 189 g/mol. The van der Waals surface area contributed by atoms with Gasteiger partial charge >= 0.3 is 0 Å². The average Bonchev–Trinajstić information content (AvgIpc) is 1.98.